The fourth-order valence-corrected chi connectivity index (χ4v) is 4.57. The number of carbonyl (C=O) groups is 5. The third kappa shape index (κ3) is 7.07. The molecule has 3 N–H and O–H groups in total. The molecule has 4 rings (SSSR count). The number of ether oxygens (including phenoxy) is 1. The lowest BCUT2D eigenvalue weighted by Crippen LogP contribution is -2.48. The van der Waals surface area contributed by atoms with E-state index in [0.717, 1.165) is 12.1 Å². The number of amides is 1. The molecule has 12 heteroatoms. The Morgan fingerprint density at radius 3 is 2.00 bits per heavy atom. The highest BCUT2D eigenvalue weighted by Gasteiger charge is 2.50. The van der Waals surface area contributed by atoms with Gasteiger partial charge in [0.25, 0.3) is 5.91 Å². The standard InChI is InChI=1S/C33H24F3NO8/c34-33(35,36)24-13-11-21(12-14-24)25-8-4-5-9-26(25)29(40)37-27-15-10-20(16-22(27)18-38)17-28(39)45-19-32(30(41)42,31(43)44)23-6-2-1-3-7-23/h1-16,18H,17,19H2,(H,37,40)(H,41,42)(H,43,44). The molecule has 230 valence electrons. The van der Waals surface area contributed by atoms with Crippen LogP contribution in [0, 0.1) is 0 Å². The molecule has 1 amide bonds. The van der Waals surface area contributed by atoms with Crippen molar-refractivity contribution in [2.45, 2.75) is 18.0 Å². The van der Waals surface area contributed by atoms with Crippen molar-refractivity contribution in [2.75, 3.05) is 11.9 Å². The number of carboxylic acids is 2. The average Bonchev–Trinajstić information content (AvgIpc) is 3.02. The first kappa shape index (κ1) is 32.1. The van der Waals surface area contributed by atoms with E-state index < -0.39 is 54.0 Å². The summed E-state index contributed by atoms with van der Waals surface area (Å²) in [5.41, 5.74) is -2.33. The molecule has 0 spiro atoms. The van der Waals surface area contributed by atoms with Crippen LogP contribution < -0.4 is 5.32 Å². The summed E-state index contributed by atoms with van der Waals surface area (Å²) in [7, 11) is 0. The summed E-state index contributed by atoms with van der Waals surface area (Å²) in [6.07, 6.45) is -4.54. The van der Waals surface area contributed by atoms with Gasteiger partial charge in [-0.3, -0.25) is 24.0 Å². The largest absolute Gasteiger partial charge is 0.480 e. The van der Waals surface area contributed by atoms with Crippen LogP contribution in [0.5, 0.6) is 0 Å². The second-order valence-corrected chi connectivity index (χ2v) is 9.83. The first-order chi connectivity index (χ1) is 21.4. The lowest BCUT2D eigenvalue weighted by molar-refractivity contribution is -0.164. The number of aliphatic carboxylic acids is 2. The molecule has 0 aliphatic rings. The number of nitrogens with one attached hydrogen (secondary N) is 1. The first-order valence-electron chi connectivity index (χ1n) is 13.2. The van der Waals surface area contributed by atoms with Gasteiger partial charge in [0.15, 0.2) is 6.29 Å². The molecule has 0 bridgehead atoms. The number of esters is 1. The Bertz CT molecular complexity index is 1740. The SMILES string of the molecule is O=Cc1cc(CC(=O)OCC(C(=O)O)(C(=O)O)c2ccccc2)ccc1NC(=O)c1ccccc1-c1ccc(C(F)(F)F)cc1. The van der Waals surface area contributed by atoms with Crippen LogP contribution in [-0.2, 0) is 37.1 Å². The van der Waals surface area contributed by atoms with Gasteiger partial charge < -0.3 is 20.3 Å². The lowest BCUT2D eigenvalue weighted by atomic mass is 9.81. The highest BCUT2D eigenvalue weighted by molar-refractivity contribution is 6.10. The van der Waals surface area contributed by atoms with E-state index in [9.17, 15) is 47.4 Å². The molecule has 0 radical (unpaired) electrons. The zero-order valence-corrected chi connectivity index (χ0v) is 23.2. The molecule has 0 aliphatic heterocycles. The number of rotatable bonds is 11. The number of carbonyl (C=O) groups excluding carboxylic acids is 3. The summed E-state index contributed by atoms with van der Waals surface area (Å²) in [6.45, 7) is -0.993. The molecule has 0 unspecified atom stereocenters. The summed E-state index contributed by atoms with van der Waals surface area (Å²) in [6, 6.07) is 21.6. The van der Waals surface area contributed by atoms with Gasteiger partial charge in [-0.2, -0.15) is 13.2 Å². The van der Waals surface area contributed by atoms with E-state index in [2.05, 4.69) is 5.32 Å². The number of anilines is 1. The van der Waals surface area contributed by atoms with Gasteiger partial charge in [-0.1, -0.05) is 66.7 Å². The molecule has 9 nitrogen and oxygen atoms in total. The number of halogens is 3. The second-order valence-electron chi connectivity index (χ2n) is 9.83. The summed E-state index contributed by atoms with van der Waals surface area (Å²) >= 11 is 0. The molecule has 0 heterocycles. The van der Waals surface area contributed by atoms with Crippen LogP contribution in [0.4, 0.5) is 18.9 Å². The van der Waals surface area contributed by atoms with Crippen molar-refractivity contribution < 1.29 is 52.1 Å². The van der Waals surface area contributed by atoms with Crippen LogP contribution >= 0.6 is 0 Å². The molecular weight excluding hydrogens is 595 g/mol. The molecule has 0 fully saturated rings. The smallest absolute Gasteiger partial charge is 0.416 e. The van der Waals surface area contributed by atoms with Crippen molar-refractivity contribution in [1.29, 1.82) is 0 Å². The van der Waals surface area contributed by atoms with Crippen LogP contribution in [0.15, 0.2) is 97.1 Å². The quantitative estimate of drug-likeness (QED) is 0.111. The third-order valence-electron chi connectivity index (χ3n) is 6.98. The van der Waals surface area contributed by atoms with Crippen LogP contribution in [0.2, 0.25) is 0 Å². The van der Waals surface area contributed by atoms with Crippen molar-refractivity contribution in [3.8, 4) is 11.1 Å². The van der Waals surface area contributed by atoms with E-state index in [1.165, 1.54) is 60.7 Å². The van der Waals surface area contributed by atoms with E-state index >= 15 is 0 Å². The Morgan fingerprint density at radius 1 is 0.778 bits per heavy atom. The van der Waals surface area contributed by atoms with Crippen molar-refractivity contribution in [3.63, 3.8) is 0 Å². The van der Waals surface area contributed by atoms with Gasteiger partial charge in [-0.25, -0.2) is 0 Å². The summed E-state index contributed by atoms with van der Waals surface area (Å²) in [5, 5.41) is 22.1. The summed E-state index contributed by atoms with van der Waals surface area (Å²) in [4.78, 5) is 61.7. The Hall–Kier alpha value is -5.78. The number of alkyl halides is 3. The maximum Gasteiger partial charge on any atom is 0.416 e. The minimum absolute atomic E-state index is 0.0182. The summed E-state index contributed by atoms with van der Waals surface area (Å²) < 4.78 is 44.0. The topological polar surface area (TPSA) is 147 Å². The van der Waals surface area contributed by atoms with Crippen molar-refractivity contribution in [2.24, 2.45) is 0 Å². The van der Waals surface area contributed by atoms with Crippen molar-refractivity contribution in [1.82, 2.24) is 0 Å². The number of carboxylic acid groups (broad SMARTS) is 2. The fraction of sp³-hybridized carbons (Fsp3) is 0.121. The van der Waals surface area contributed by atoms with E-state index in [-0.39, 0.29) is 27.9 Å². The Balaban J connectivity index is 1.49. The zero-order valence-electron chi connectivity index (χ0n) is 23.2. The van der Waals surface area contributed by atoms with E-state index in [1.807, 2.05) is 0 Å². The molecule has 4 aromatic rings. The van der Waals surface area contributed by atoms with E-state index in [0.29, 0.717) is 17.4 Å². The minimum atomic E-state index is -4.52. The van der Waals surface area contributed by atoms with Crippen LogP contribution in [0.1, 0.15) is 37.4 Å². The molecule has 45 heavy (non-hydrogen) atoms. The molecular formula is C33H24F3NO8. The maximum absolute atomic E-state index is 13.2. The van der Waals surface area contributed by atoms with Gasteiger partial charge in [-0.15, -0.1) is 0 Å². The van der Waals surface area contributed by atoms with Crippen LogP contribution in [0.25, 0.3) is 11.1 Å². The number of hydrogen-bond donors (Lipinski definition) is 3. The van der Waals surface area contributed by atoms with Gasteiger partial charge >= 0.3 is 24.1 Å². The fourth-order valence-electron chi connectivity index (χ4n) is 4.57. The second kappa shape index (κ2) is 13.2. The highest BCUT2D eigenvalue weighted by atomic mass is 19.4. The highest BCUT2D eigenvalue weighted by Crippen LogP contribution is 2.32. The van der Waals surface area contributed by atoms with E-state index in [4.69, 9.17) is 4.74 Å². The Morgan fingerprint density at radius 2 is 1.40 bits per heavy atom. The lowest BCUT2D eigenvalue weighted by Gasteiger charge is -2.25. The Kier molecular flexibility index (Phi) is 9.46. The third-order valence-corrected chi connectivity index (χ3v) is 6.98. The van der Waals surface area contributed by atoms with Crippen molar-refractivity contribution >= 4 is 35.8 Å². The van der Waals surface area contributed by atoms with Gasteiger partial charge in [0.05, 0.1) is 17.7 Å². The molecule has 0 aromatic heterocycles. The van der Waals surface area contributed by atoms with Crippen molar-refractivity contribution in [3.05, 3.63) is 125 Å². The Labute approximate surface area is 253 Å². The number of aldehydes is 1. The summed E-state index contributed by atoms with van der Waals surface area (Å²) in [5.74, 6) is -5.06. The van der Waals surface area contributed by atoms with E-state index in [1.54, 1.807) is 24.3 Å². The normalized spacial score (nSPS) is 11.4. The molecule has 0 saturated carbocycles. The predicted octanol–water partition coefficient (Wildman–Crippen LogP) is 5.63. The molecule has 0 aliphatic carbocycles. The van der Waals surface area contributed by atoms with Gasteiger partial charge in [0.1, 0.15) is 6.61 Å². The monoisotopic (exact) mass is 619 g/mol. The maximum atomic E-state index is 13.2. The van der Waals surface area contributed by atoms with Gasteiger partial charge in [0, 0.05) is 11.1 Å². The molecule has 4 aromatic carbocycles. The predicted molar refractivity (Wildman–Crippen MR) is 155 cm³/mol. The van der Waals surface area contributed by atoms with Crippen LogP contribution in [-0.4, -0.2) is 46.9 Å². The van der Waals surface area contributed by atoms with Crippen LogP contribution in [0.3, 0.4) is 0 Å². The average molecular weight is 620 g/mol. The number of benzene rings is 4. The van der Waals surface area contributed by atoms with Gasteiger partial charge in [0.2, 0.25) is 5.41 Å². The minimum Gasteiger partial charge on any atom is -0.480 e. The number of hydrogen-bond acceptors (Lipinski definition) is 6. The van der Waals surface area contributed by atoms with Gasteiger partial charge in [-0.05, 0) is 52.6 Å². The first-order valence-corrected chi connectivity index (χ1v) is 13.2. The molecule has 0 saturated heterocycles. The molecule has 0 atom stereocenters. The zero-order chi connectivity index (χ0) is 32.8.